The van der Waals surface area contributed by atoms with Gasteiger partial charge < -0.3 is 4.90 Å². The average Bonchev–Trinajstić information content (AvgIpc) is 3.48. The summed E-state index contributed by atoms with van der Waals surface area (Å²) in [6, 6.07) is 46.6. The molecule has 2 heterocycles. The molecule has 0 saturated carbocycles. The first-order valence-electron chi connectivity index (χ1n) is 17.8. The zero-order valence-corrected chi connectivity index (χ0v) is 29.8. The molecular weight excluding hydrogens is 605 g/mol. The van der Waals surface area contributed by atoms with E-state index in [1.807, 2.05) is 0 Å². The first kappa shape index (κ1) is 31.8. The lowest BCUT2D eigenvalue weighted by atomic mass is 9.73. The summed E-state index contributed by atoms with van der Waals surface area (Å²) in [6.07, 6.45) is 13.2. The molecule has 8 rings (SSSR count). The second-order valence-electron chi connectivity index (χ2n) is 14.6. The number of anilines is 1. The Morgan fingerprint density at radius 2 is 1.26 bits per heavy atom. The maximum absolute atomic E-state index is 2.43. The van der Waals surface area contributed by atoms with E-state index >= 15 is 0 Å². The first-order chi connectivity index (χ1) is 24.3. The molecule has 0 N–H and O–H groups in total. The van der Waals surface area contributed by atoms with Crippen LogP contribution in [0.1, 0.15) is 41.7 Å². The summed E-state index contributed by atoms with van der Waals surface area (Å²) in [4.78, 5) is 2.41. The Morgan fingerprint density at radius 3 is 2.00 bits per heavy atom. The molecule has 2 heteroatoms. The number of hydrogen-bond donors (Lipinski definition) is 0. The fourth-order valence-corrected chi connectivity index (χ4v) is 9.00. The molecule has 0 amide bonds. The summed E-state index contributed by atoms with van der Waals surface area (Å²) < 4.78 is 2.40. The van der Waals surface area contributed by atoms with Gasteiger partial charge in [0, 0.05) is 41.6 Å². The van der Waals surface area contributed by atoms with Gasteiger partial charge >= 0.3 is 0 Å². The monoisotopic (exact) mass is 649 g/mol. The van der Waals surface area contributed by atoms with E-state index in [-0.39, 0.29) is 10.8 Å². The standard InChI is InChI=1S/C48H45N2/c1-34-18-12-13-23-38(34)33-48(3)44(50(5)42-31-29-37-22-15-17-25-40(37)46(42)48)27-11-7-10-26-43-47(2,32-35-19-8-6-9-20-35)45-39-24-16-14-21-36(39)28-30-41(45)49(43)4/h6-31H,32-33H2,1-5H3/q+1. The lowest BCUT2D eigenvalue weighted by Crippen LogP contribution is -2.33. The average molecular weight is 650 g/mol. The van der Waals surface area contributed by atoms with E-state index in [0.717, 1.165) is 12.8 Å². The van der Waals surface area contributed by atoms with E-state index in [2.05, 4.69) is 202 Å². The van der Waals surface area contributed by atoms with Crippen molar-refractivity contribution in [3.8, 4) is 0 Å². The Bertz CT molecular complexity index is 2390. The van der Waals surface area contributed by atoms with Crippen molar-refractivity contribution in [3.05, 3.63) is 191 Å². The van der Waals surface area contributed by atoms with Crippen molar-refractivity contribution in [2.45, 2.75) is 44.4 Å². The third kappa shape index (κ3) is 5.13. The van der Waals surface area contributed by atoms with Crippen LogP contribution < -0.4 is 4.90 Å². The van der Waals surface area contributed by atoms with Crippen molar-refractivity contribution in [2.24, 2.45) is 0 Å². The van der Waals surface area contributed by atoms with E-state index in [9.17, 15) is 0 Å². The predicted octanol–water partition coefficient (Wildman–Crippen LogP) is 11.2. The fraction of sp³-hybridized carbons (Fsp3) is 0.188. The molecule has 0 aliphatic carbocycles. The number of rotatable bonds is 7. The summed E-state index contributed by atoms with van der Waals surface area (Å²) >= 11 is 0. The molecule has 6 aromatic rings. The number of fused-ring (bicyclic) bond motifs is 6. The van der Waals surface area contributed by atoms with Crippen LogP contribution in [0, 0.1) is 6.92 Å². The number of benzene rings is 6. The van der Waals surface area contributed by atoms with Crippen LogP contribution in [0.5, 0.6) is 0 Å². The van der Waals surface area contributed by atoms with Crippen LogP contribution >= 0.6 is 0 Å². The minimum absolute atomic E-state index is 0.185. The second-order valence-corrected chi connectivity index (χ2v) is 14.6. The molecule has 2 aliphatic heterocycles. The molecular formula is C48H45N2+. The molecule has 0 aromatic heterocycles. The lowest BCUT2D eigenvalue weighted by Gasteiger charge is -2.30. The van der Waals surface area contributed by atoms with E-state index in [0.29, 0.717) is 0 Å². The van der Waals surface area contributed by atoms with Crippen LogP contribution in [-0.2, 0) is 23.7 Å². The van der Waals surface area contributed by atoms with E-state index < -0.39 is 0 Å². The van der Waals surface area contributed by atoms with Gasteiger partial charge in [-0.25, -0.2) is 0 Å². The molecule has 246 valence electrons. The Hall–Kier alpha value is -5.47. The summed E-state index contributed by atoms with van der Waals surface area (Å²) in [7, 11) is 4.45. The number of aryl methyl sites for hydroxylation is 1. The fourth-order valence-electron chi connectivity index (χ4n) is 9.00. The van der Waals surface area contributed by atoms with Crippen molar-refractivity contribution in [2.75, 3.05) is 19.0 Å². The molecule has 6 aromatic carbocycles. The highest BCUT2D eigenvalue weighted by Gasteiger charge is 2.48. The van der Waals surface area contributed by atoms with Gasteiger partial charge in [-0.05, 0) is 95.6 Å². The van der Waals surface area contributed by atoms with Gasteiger partial charge in [-0.2, -0.15) is 4.58 Å². The molecule has 0 fully saturated rings. The largest absolute Gasteiger partial charge is 0.347 e. The summed E-state index contributed by atoms with van der Waals surface area (Å²) in [6.45, 7) is 7.09. The summed E-state index contributed by atoms with van der Waals surface area (Å²) in [5.74, 6) is 0. The van der Waals surface area contributed by atoms with Crippen LogP contribution in [0.15, 0.2) is 163 Å². The normalized spacial score (nSPS) is 21.0. The molecule has 50 heavy (non-hydrogen) atoms. The Morgan fingerprint density at radius 1 is 0.620 bits per heavy atom. The molecule has 2 atom stereocenters. The SMILES string of the molecule is Cc1ccccc1CC1(C)\C(=C/C=C/C=C/C2=[N+](C)c3ccc4ccccc4c3C2(C)Cc2ccccc2)N(C)c2ccc3ccccc3c21. The molecule has 2 unspecified atom stereocenters. The maximum Gasteiger partial charge on any atom is 0.210 e. The molecule has 0 bridgehead atoms. The van der Waals surface area contributed by atoms with Crippen LogP contribution in [0.3, 0.4) is 0 Å². The Labute approximate surface area is 297 Å². The Balaban J connectivity index is 1.18. The first-order valence-corrected chi connectivity index (χ1v) is 17.8. The van der Waals surface area contributed by atoms with Crippen molar-refractivity contribution in [1.29, 1.82) is 0 Å². The highest BCUT2D eigenvalue weighted by molar-refractivity contribution is 6.08. The van der Waals surface area contributed by atoms with Gasteiger partial charge in [0.2, 0.25) is 5.69 Å². The van der Waals surface area contributed by atoms with E-state index in [4.69, 9.17) is 0 Å². The number of allylic oxidation sites excluding steroid dienone is 6. The van der Waals surface area contributed by atoms with Gasteiger partial charge in [-0.3, -0.25) is 0 Å². The van der Waals surface area contributed by atoms with Gasteiger partial charge in [0.1, 0.15) is 7.05 Å². The third-order valence-electron chi connectivity index (χ3n) is 11.4. The van der Waals surface area contributed by atoms with E-state index in [1.54, 1.807) is 0 Å². The molecule has 0 spiro atoms. The van der Waals surface area contributed by atoms with Crippen molar-refractivity contribution >= 4 is 38.6 Å². The van der Waals surface area contributed by atoms with Crippen LogP contribution in [0.25, 0.3) is 21.5 Å². The van der Waals surface area contributed by atoms with Crippen molar-refractivity contribution in [1.82, 2.24) is 0 Å². The molecule has 2 nitrogen and oxygen atoms in total. The lowest BCUT2D eigenvalue weighted by molar-refractivity contribution is -0.401. The summed E-state index contributed by atoms with van der Waals surface area (Å²) in [5, 5.41) is 5.26. The van der Waals surface area contributed by atoms with E-state index in [1.165, 1.54) is 72.1 Å². The zero-order valence-electron chi connectivity index (χ0n) is 29.8. The van der Waals surface area contributed by atoms with Crippen LogP contribution in [0.2, 0.25) is 0 Å². The van der Waals surface area contributed by atoms with Gasteiger partial charge in [0.25, 0.3) is 0 Å². The van der Waals surface area contributed by atoms with Crippen LogP contribution in [0.4, 0.5) is 11.4 Å². The van der Waals surface area contributed by atoms with Gasteiger partial charge in [0.15, 0.2) is 5.71 Å². The van der Waals surface area contributed by atoms with Gasteiger partial charge in [-0.1, -0.05) is 127 Å². The highest BCUT2D eigenvalue weighted by atomic mass is 15.2. The second kappa shape index (κ2) is 12.4. The topological polar surface area (TPSA) is 6.25 Å². The number of hydrogen-bond acceptors (Lipinski definition) is 1. The van der Waals surface area contributed by atoms with Gasteiger partial charge in [-0.15, -0.1) is 0 Å². The summed E-state index contributed by atoms with van der Waals surface area (Å²) in [5.41, 5.74) is 11.7. The van der Waals surface area contributed by atoms with Crippen molar-refractivity contribution in [3.63, 3.8) is 0 Å². The van der Waals surface area contributed by atoms with Crippen LogP contribution in [-0.4, -0.2) is 24.4 Å². The highest BCUT2D eigenvalue weighted by Crippen LogP contribution is 2.52. The molecule has 2 aliphatic rings. The molecule has 0 radical (unpaired) electrons. The minimum Gasteiger partial charge on any atom is -0.347 e. The third-order valence-corrected chi connectivity index (χ3v) is 11.4. The number of nitrogens with zero attached hydrogens (tertiary/aromatic N) is 2. The smallest absolute Gasteiger partial charge is 0.210 e. The molecule has 0 saturated heterocycles. The quantitative estimate of drug-likeness (QED) is 0.123. The number of likely N-dealkylation sites (N-methyl/N-ethyl adjacent to an activating group) is 1. The minimum atomic E-state index is -0.192. The zero-order chi connectivity index (χ0) is 34.5. The predicted molar refractivity (Wildman–Crippen MR) is 213 cm³/mol. The van der Waals surface area contributed by atoms with Gasteiger partial charge in [0.05, 0.1) is 5.41 Å². The maximum atomic E-state index is 2.43. The Kier molecular flexibility index (Phi) is 7.91. The van der Waals surface area contributed by atoms with Crippen molar-refractivity contribution < 1.29 is 4.58 Å².